The lowest BCUT2D eigenvalue weighted by Gasteiger charge is -2.08. The van der Waals surface area contributed by atoms with Crippen LogP contribution in [0.15, 0.2) is 29.3 Å². The molecule has 18 heavy (non-hydrogen) atoms. The number of aliphatic imine (C=N–C) groups is 1. The molecule has 100 valence electrons. The van der Waals surface area contributed by atoms with Crippen LogP contribution in [0.4, 0.5) is 0 Å². The van der Waals surface area contributed by atoms with Gasteiger partial charge in [-0.05, 0) is 30.7 Å². The molecule has 0 heterocycles. The van der Waals surface area contributed by atoms with Gasteiger partial charge in [0.15, 0.2) is 5.96 Å². The Hall–Kier alpha value is -1.91. The highest BCUT2D eigenvalue weighted by Gasteiger charge is 1.95. The molecule has 0 aliphatic rings. The molecule has 0 saturated carbocycles. The summed E-state index contributed by atoms with van der Waals surface area (Å²) in [5, 5.41) is 2.99. The summed E-state index contributed by atoms with van der Waals surface area (Å²) in [4.78, 5) is 4.12. The van der Waals surface area contributed by atoms with Gasteiger partial charge in [-0.25, -0.2) is 0 Å². The molecular weight excluding hydrogens is 230 g/mol. The summed E-state index contributed by atoms with van der Waals surface area (Å²) in [7, 11) is 1.64. The van der Waals surface area contributed by atoms with E-state index in [2.05, 4.69) is 17.2 Å². The number of guanidine groups is 1. The zero-order valence-corrected chi connectivity index (χ0v) is 11.0. The fourth-order valence-electron chi connectivity index (χ4n) is 1.31. The summed E-state index contributed by atoms with van der Waals surface area (Å²) in [5.74, 6) is 2.09. The van der Waals surface area contributed by atoms with E-state index in [1.807, 2.05) is 24.3 Å². The van der Waals surface area contributed by atoms with Gasteiger partial charge in [0.25, 0.3) is 0 Å². The van der Waals surface area contributed by atoms with Crippen LogP contribution in [0, 0.1) is 0 Å². The minimum absolute atomic E-state index is 0.468. The molecule has 0 fully saturated rings. The van der Waals surface area contributed by atoms with E-state index in [-0.39, 0.29) is 0 Å². The van der Waals surface area contributed by atoms with Crippen LogP contribution in [0.1, 0.15) is 13.3 Å². The van der Waals surface area contributed by atoms with Gasteiger partial charge in [-0.3, -0.25) is 4.99 Å². The molecule has 0 aliphatic carbocycles. The summed E-state index contributed by atoms with van der Waals surface area (Å²) in [6.07, 6.45) is 0.991. The van der Waals surface area contributed by atoms with Crippen molar-refractivity contribution in [2.75, 3.05) is 26.8 Å². The molecule has 0 saturated heterocycles. The number of nitrogens with one attached hydrogen (secondary N) is 1. The molecule has 1 aromatic carbocycles. The molecule has 0 unspecified atom stereocenters. The largest absolute Gasteiger partial charge is 0.497 e. The molecule has 3 N–H and O–H groups in total. The lowest BCUT2D eigenvalue weighted by molar-refractivity contribution is 0.321. The first-order valence-electron chi connectivity index (χ1n) is 6.07. The summed E-state index contributed by atoms with van der Waals surface area (Å²) in [5.41, 5.74) is 5.64. The molecule has 0 radical (unpaired) electrons. The van der Waals surface area contributed by atoms with Crippen molar-refractivity contribution in [2.24, 2.45) is 10.7 Å². The fraction of sp³-hybridized carbons (Fsp3) is 0.462. The maximum atomic E-state index is 5.64. The standard InChI is InChI=1S/C13H21N3O2/c1-3-8-15-13(14)16-9-10-18-12-6-4-11(17-2)5-7-12/h4-7H,3,8-10H2,1-2H3,(H3,14,15,16). The molecule has 1 aromatic rings. The highest BCUT2D eigenvalue weighted by molar-refractivity contribution is 5.77. The van der Waals surface area contributed by atoms with Crippen molar-refractivity contribution in [1.82, 2.24) is 5.32 Å². The third-order valence-corrected chi connectivity index (χ3v) is 2.24. The van der Waals surface area contributed by atoms with Crippen LogP contribution in [0.5, 0.6) is 11.5 Å². The number of benzene rings is 1. The smallest absolute Gasteiger partial charge is 0.188 e. The first-order valence-corrected chi connectivity index (χ1v) is 6.07. The lowest BCUT2D eigenvalue weighted by Crippen LogP contribution is -2.34. The van der Waals surface area contributed by atoms with E-state index in [9.17, 15) is 0 Å². The van der Waals surface area contributed by atoms with Gasteiger partial charge >= 0.3 is 0 Å². The topological polar surface area (TPSA) is 68.9 Å². The molecule has 5 nitrogen and oxygen atoms in total. The highest BCUT2D eigenvalue weighted by Crippen LogP contribution is 2.16. The Morgan fingerprint density at radius 1 is 1.28 bits per heavy atom. The Balaban J connectivity index is 2.21. The van der Waals surface area contributed by atoms with Gasteiger partial charge in [-0.15, -0.1) is 0 Å². The van der Waals surface area contributed by atoms with E-state index in [1.165, 1.54) is 0 Å². The third-order valence-electron chi connectivity index (χ3n) is 2.24. The van der Waals surface area contributed by atoms with Gasteiger partial charge in [-0.1, -0.05) is 6.92 Å². The predicted octanol–water partition coefficient (Wildman–Crippen LogP) is 1.39. The number of rotatable bonds is 7. The van der Waals surface area contributed by atoms with Gasteiger partial charge in [-0.2, -0.15) is 0 Å². The molecule has 0 amide bonds. The third kappa shape index (κ3) is 5.43. The van der Waals surface area contributed by atoms with Crippen LogP contribution in [0.25, 0.3) is 0 Å². The van der Waals surface area contributed by atoms with Crippen molar-refractivity contribution in [3.05, 3.63) is 24.3 Å². The Morgan fingerprint density at radius 3 is 2.56 bits per heavy atom. The number of nitrogens with two attached hydrogens (primary N) is 1. The Kier molecular flexibility index (Phi) is 6.46. The van der Waals surface area contributed by atoms with E-state index in [0.29, 0.717) is 19.1 Å². The quantitative estimate of drug-likeness (QED) is 0.436. The van der Waals surface area contributed by atoms with Crippen molar-refractivity contribution >= 4 is 5.96 Å². The minimum atomic E-state index is 0.468. The van der Waals surface area contributed by atoms with E-state index < -0.39 is 0 Å². The maximum absolute atomic E-state index is 5.64. The SMILES string of the molecule is CCCN=C(N)NCCOc1ccc(OC)cc1. The first-order chi connectivity index (χ1) is 8.76. The fourth-order valence-corrected chi connectivity index (χ4v) is 1.31. The Bertz CT molecular complexity index is 363. The van der Waals surface area contributed by atoms with Crippen LogP contribution < -0.4 is 20.5 Å². The van der Waals surface area contributed by atoms with Crippen LogP contribution in [0.3, 0.4) is 0 Å². The van der Waals surface area contributed by atoms with E-state index >= 15 is 0 Å². The highest BCUT2D eigenvalue weighted by atomic mass is 16.5. The van der Waals surface area contributed by atoms with Gasteiger partial charge in [0.1, 0.15) is 18.1 Å². The number of hydrogen-bond acceptors (Lipinski definition) is 3. The van der Waals surface area contributed by atoms with Gasteiger partial charge in [0.2, 0.25) is 0 Å². The first kappa shape index (κ1) is 14.2. The van der Waals surface area contributed by atoms with Crippen LogP contribution in [-0.2, 0) is 0 Å². The molecular formula is C13H21N3O2. The molecule has 0 atom stereocenters. The monoisotopic (exact) mass is 251 g/mol. The van der Waals surface area contributed by atoms with E-state index in [1.54, 1.807) is 7.11 Å². The second-order valence-corrected chi connectivity index (χ2v) is 3.72. The number of methoxy groups -OCH3 is 1. The molecule has 0 aliphatic heterocycles. The van der Waals surface area contributed by atoms with Crippen molar-refractivity contribution in [1.29, 1.82) is 0 Å². The van der Waals surface area contributed by atoms with Crippen LogP contribution >= 0.6 is 0 Å². The summed E-state index contributed by atoms with van der Waals surface area (Å²) < 4.78 is 10.6. The number of nitrogens with zero attached hydrogens (tertiary/aromatic N) is 1. The molecule has 0 spiro atoms. The van der Waals surface area contributed by atoms with Crippen molar-refractivity contribution in [3.8, 4) is 11.5 Å². The average Bonchev–Trinajstić information content (AvgIpc) is 2.42. The molecule has 1 rings (SSSR count). The van der Waals surface area contributed by atoms with Crippen molar-refractivity contribution in [3.63, 3.8) is 0 Å². The van der Waals surface area contributed by atoms with Crippen LogP contribution in [0.2, 0.25) is 0 Å². The summed E-state index contributed by atoms with van der Waals surface area (Å²) in [6.45, 7) is 3.97. The predicted molar refractivity (Wildman–Crippen MR) is 73.3 cm³/mol. The van der Waals surface area contributed by atoms with Crippen molar-refractivity contribution < 1.29 is 9.47 Å². The average molecular weight is 251 g/mol. The second kappa shape index (κ2) is 8.22. The zero-order valence-electron chi connectivity index (χ0n) is 11.0. The number of ether oxygens (including phenoxy) is 2. The Morgan fingerprint density at radius 2 is 1.94 bits per heavy atom. The van der Waals surface area contributed by atoms with Gasteiger partial charge in [0.05, 0.1) is 13.7 Å². The molecule has 0 bridgehead atoms. The van der Waals surface area contributed by atoms with Crippen LogP contribution in [-0.4, -0.2) is 32.8 Å². The second-order valence-electron chi connectivity index (χ2n) is 3.72. The van der Waals surface area contributed by atoms with Gasteiger partial charge in [0, 0.05) is 6.54 Å². The minimum Gasteiger partial charge on any atom is -0.497 e. The molecule has 0 aromatic heterocycles. The molecule has 5 heteroatoms. The van der Waals surface area contributed by atoms with Crippen molar-refractivity contribution in [2.45, 2.75) is 13.3 Å². The van der Waals surface area contributed by atoms with E-state index in [0.717, 1.165) is 24.5 Å². The Labute approximate surface area is 108 Å². The normalized spacial score (nSPS) is 11.1. The zero-order chi connectivity index (χ0) is 13.2. The summed E-state index contributed by atoms with van der Waals surface area (Å²) >= 11 is 0. The number of hydrogen-bond donors (Lipinski definition) is 2. The van der Waals surface area contributed by atoms with E-state index in [4.69, 9.17) is 15.2 Å². The van der Waals surface area contributed by atoms with Gasteiger partial charge < -0.3 is 20.5 Å². The summed E-state index contributed by atoms with van der Waals surface area (Å²) in [6, 6.07) is 7.46. The maximum Gasteiger partial charge on any atom is 0.188 e. The lowest BCUT2D eigenvalue weighted by atomic mass is 10.3.